The number of rotatable bonds is 5. The number of aromatic nitrogens is 3. The number of aryl methyl sites for hydroxylation is 1. The van der Waals surface area contributed by atoms with Crippen LogP contribution in [0.1, 0.15) is 11.1 Å². The molecule has 3 rings (SSSR count). The van der Waals surface area contributed by atoms with E-state index in [9.17, 15) is 0 Å². The van der Waals surface area contributed by atoms with Gasteiger partial charge in [0.1, 0.15) is 0 Å². The van der Waals surface area contributed by atoms with E-state index in [-0.39, 0.29) is 0 Å². The fourth-order valence-electron chi connectivity index (χ4n) is 2.21. The molecule has 0 atom stereocenters. The van der Waals surface area contributed by atoms with E-state index in [4.69, 9.17) is 23.2 Å². The molecule has 7 heteroatoms. The molecule has 1 heterocycles. The van der Waals surface area contributed by atoms with Crippen molar-refractivity contribution in [3.05, 3.63) is 69.8 Å². The Kier molecular flexibility index (Phi) is 5.13. The first-order chi connectivity index (χ1) is 11.6. The zero-order valence-corrected chi connectivity index (χ0v) is 14.4. The third kappa shape index (κ3) is 4.57. The minimum Gasteiger partial charge on any atom is -0.365 e. The number of nitrogens with zero attached hydrogens (tertiary/aromatic N) is 3. The Morgan fingerprint density at radius 3 is 2.58 bits per heavy atom. The summed E-state index contributed by atoms with van der Waals surface area (Å²) in [6.45, 7) is 2.72. The topological polar surface area (TPSA) is 62.7 Å². The van der Waals surface area contributed by atoms with Crippen molar-refractivity contribution in [2.75, 3.05) is 10.6 Å². The van der Waals surface area contributed by atoms with Crippen LogP contribution in [-0.2, 0) is 6.54 Å². The first-order valence-corrected chi connectivity index (χ1v) is 8.06. The highest BCUT2D eigenvalue weighted by Gasteiger charge is 2.04. The molecule has 0 aliphatic heterocycles. The van der Waals surface area contributed by atoms with Crippen molar-refractivity contribution >= 4 is 40.7 Å². The lowest BCUT2D eigenvalue weighted by atomic mass is 10.1. The zero-order valence-electron chi connectivity index (χ0n) is 12.9. The molecule has 122 valence electrons. The van der Waals surface area contributed by atoms with Gasteiger partial charge in [0, 0.05) is 22.3 Å². The third-order valence-electron chi connectivity index (χ3n) is 3.23. The molecule has 0 unspecified atom stereocenters. The lowest BCUT2D eigenvalue weighted by molar-refractivity contribution is 0.965. The molecule has 24 heavy (non-hydrogen) atoms. The van der Waals surface area contributed by atoms with Crippen LogP contribution in [-0.4, -0.2) is 15.2 Å². The summed E-state index contributed by atoms with van der Waals surface area (Å²) >= 11 is 12.0. The van der Waals surface area contributed by atoms with Crippen LogP contribution in [0.3, 0.4) is 0 Å². The summed E-state index contributed by atoms with van der Waals surface area (Å²) in [6, 6.07) is 13.4. The van der Waals surface area contributed by atoms with E-state index in [1.807, 2.05) is 6.07 Å². The molecule has 0 saturated carbocycles. The van der Waals surface area contributed by atoms with Gasteiger partial charge in [0.25, 0.3) is 0 Å². The molecule has 3 aromatic rings. The van der Waals surface area contributed by atoms with Crippen LogP contribution in [0.2, 0.25) is 10.0 Å². The molecule has 0 aliphatic rings. The summed E-state index contributed by atoms with van der Waals surface area (Å²) in [5.74, 6) is 0.990. The molecule has 0 fully saturated rings. The van der Waals surface area contributed by atoms with Crippen LogP contribution in [0.5, 0.6) is 0 Å². The highest BCUT2D eigenvalue weighted by Crippen LogP contribution is 2.24. The van der Waals surface area contributed by atoms with Crippen molar-refractivity contribution in [3.63, 3.8) is 0 Å². The van der Waals surface area contributed by atoms with E-state index in [0.717, 1.165) is 0 Å². The van der Waals surface area contributed by atoms with E-state index < -0.39 is 0 Å². The normalized spacial score (nSPS) is 10.5. The minimum atomic E-state index is 0.363. The maximum absolute atomic E-state index is 5.98. The second-order valence-corrected chi connectivity index (χ2v) is 6.16. The quantitative estimate of drug-likeness (QED) is 0.682. The Labute approximate surface area is 150 Å². The highest BCUT2D eigenvalue weighted by atomic mass is 35.5. The number of anilines is 3. The van der Waals surface area contributed by atoms with Crippen LogP contribution >= 0.6 is 23.2 Å². The second kappa shape index (κ2) is 7.47. The van der Waals surface area contributed by atoms with Crippen LogP contribution in [0.15, 0.2) is 48.7 Å². The first-order valence-electron chi connectivity index (χ1n) is 7.31. The molecular weight excluding hydrogens is 345 g/mol. The zero-order chi connectivity index (χ0) is 16.9. The summed E-state index contributed by atoms with van der Waals surface area (Å²) in [6.07, 6.45) is 1.58. The highest BCUT2D eigenvalue weighted by molar-refractivity contribution is 6.35. The average molecular weight is 360 g/mol. The lowest BCUT2D eigenvalue weighted by Gasteiger charge is -2.08. The molecule has 0 bridgehead atoms. The monoisotopic (exact) mass is 359 g/mol. The fraction of sp³-hybridized carbons (Fsp3) is 0.118. The molecule has 1 aromatic heterocycles. The maximum atomic E-state index is 5.98. The van der Waals surface area contributed by atoms with Crippen molar-refractivity contribution in [2.24, 2.45) is 0 Å². The standard InChI is InChI=1S/C17H15Cl2N5/c1-11-3-2-4-12(5-11)9-20-16-10-21-24-17(23-16)22-15-7-13(18)6-14(19)8-15/h2-8,10H,9H2,1H3,(H2,20,22,23,24). The number of hydrogen-bond donors (Lipinski definition) is 2. The Morgan fingerprint density at radius 1 is 1.04 bits per heavy atom. The van der Waals surface area contributed by atoms with Gasteiger partial charge < -0.3 is 10.6 Å². The van der Waals surface area contributed by atoms with Crippen molar-refractivity contribution in [2.45, 2.75) is 13.5 Å². The van der Waals surface area contributed by atoms with Gasteiger partial charge >= 0.3 is 0 Å². The summed E-state index contributed by atoms with van der Waals surface area (Å²) in [5.41, 5.74) is 3.09. The van der Waals surface area contributed by atoms with Gasteiger partial charge in [0.05, 0.1) is 6.20 Å². The predicted octanol–water partition coefficient (Wildman–Crippen LogP) is 4.84. The number of halogens is 2. The van der Waals surface area contributed by atoms with Gasteiger partial charge in [-0.05, 0) is 30.7 Å². The molecule has 0 saturated heterocycles. The summed E-state index contributed by atoms with van der Waals surface area (Å²) in [4.78, 5) is 4.38. The molecule has 0 amide bonds. The molecule has 5 nitrogen and oxygen atoms in total. The average Bonchev–Trinajstić information content (AvgIpc) is 2.52. The molecule has 0 spiro atoms. The van der Waals surface area contributed by atoms with Gasteiger partial charge in [-0.1, -0.05) is 53.0 Å². The summed E-state index contributed by atoms with van der Waals surface area (Å²) in [7, 11) is 0. The van der Waals surface area contributed by atoms with E-state index in [0.29, 0.717) is 34.0 Å². The van der Waals surface area contributed by atoms with Gasteiger partial charge in [0.15, 0.2) is 5.82 Å². The SMILES string of the molecule is Cc1cccc(CNc2cnnc(Nc3cc(Cl)cc(Cl)c3)n2)c1. The van der Waals surface area contributed by atoms with Gasteiger partial charge in [-0.2, -0.15) is 10.1 Å². The predicted molar refractivity (Wildman–Crippen MR) is 98.1 cm³/mol. The van der Waals surface area contributed by atoms with Gasteiger partial charge in [-0.3, -0.25) is 0 Å². The maximum Gasteiger partial charge on any atom is 0.249 e. The molecule has 2 N–H and O–H groups in total. The lowest BCUT2D eigenvalue weighted by Crippen LogP contribution is -2.05. The van der Waals surface area contributed by atoms with Crippen LogP contribution in [0.25, 0.3) is 0 Å². The summed E-state index contributed by atoms with van der Waals surface area (Å²) < 4.78 is 0. The van der Waals surface area contributed by atoms with Gasteiger partial charge in [0.2, 0.25) is 5.95 Å². The van der Waals surface area contributed by atoms with Crippen LogP contribution in [0.4, 0.5) is 17.5 Å². The van der Waals surface area contributed by atoms with Crippen molar-refractivity contribution in [1.29, 1.82) is 0 Å². The molecule has 0 aliphatic carbocycles. The smallest absolute Gasteiger partial charge is 0.249 e. The molecule has 2 aromatic carbocycles. The van der Waals surface area contributed by atoms with Crippen molar-refractivity contribution in [1.82, 2.24) is 15.2 Å². The largest absolute Gasteiger partial charge is 0.365 e. The minimum absolute atomic E-state index is 0.363. The van der Waals surface area contributed by atoms with Gasteiger partial charge in [-0.25, -0.2) is 0 Å². The van der Waals surface area contributed by atoms with Crippen LogP contribution in [0, 0.1) is 6.92 Å². The summed E-state index contributed by atoms with van der Waals surface area (Å²) in [5, 5.41) is 15.3. The Morgan fingerprint density at radius 2 is 1.83 bits per heavy atom. The van der Waals surface area contributed by atoms with Gasteiger partial charge in [-0.15, -0.1) is 5.10 Å². The number of hydrogen-bond acceptors (Lipinski definition) is 5. The molecule has 0 radical (unpaired) electrons. The number of benzene rings is 2. The number of nitrogens with one attached hydrogen (secondary N) is 2. The van der Waals surface area contributed by atoms with Crippen LogP contribution < -0.4 is 10.6 Å². The van der Waals surface area contributed by atoms with Crippen molar-refractivity contribution < 1.29 is 0 Å². The first kappa shape index (κ1) is 16.5. The van der Waals surface area contributed by atoms with Crippen molar-refractivity contribution in [3.8, 4) is 0 Å². The Bertz CT molecular complexity index is 834. The fourth-order valence-corrected chi connectivity index (χ4v) is 2.74. The van der Waals surface area contributed by atoms with E-state index in [1.54, 1.807) is 24.4 Å². The molecular formula is C17H15Cl2N5. The second-order valence-electron chi connectivity index (χ2n) is 5.29. The van der Waals surface area contributed by atoms with E-state index in [2.05, 4.69) is 50.9 Å². The van der Waals surface area contributed by atoms with E-state index >= 15 is 0 Å². The Hall–Kier alpha value is -2.37. The third-order valence-corrected chi connectivity index (χ3v) is 3.67. The Balaban J connectivity index is 1.69. The van der Waals surface area contributed by atoms with E-state index in [1.165, 1.54) is 11.1 Å².